The summed E-state index contributed by atoms with van der Waals surface area (Å²) in [5, 5.41) is 0. The summed E-state index contributed by atoms with van der Waals surface area (Å²) in [5.41, 5.74) is -0.467. The van der Waals surface area contributed by atoms with Gasteiger partial charge in [0, 0.05) is 19.1 Å². The van der Waals surface area contributed by atoms with Gasteiger partial charge < -0.3 is 14.2 Å². The van der Waals surface area contributed by atoms with E-state index in [0.717, 1.165) is 37.7 Å². The number of ether oxygens (including phenoxy) is 3. The van der Waals surface area contributed by atoms with E-state index in [1.165, 1.54) is 32.1 Å². The average molecular weight is 434 g/mol. The number of hydrogen-bond acceptors (Lipinski definition) is 4. The maximum Gasteiger partial charge on any atom is 0.411 e. The van der Waals surface area contributed by atoms with E-state index < -0.39 is 5.60 Å². The molecule has 4 rings (SSSR count). The molecular formula is C26H43NO4. The van der Waals surface area contributed by atoms with Crippen LogP contribution in [0.5, 0.6) is 0 Å². The summed E-state index contributed by atoms with van der Waals surface area (Å²) in [5.74, 6) is 3.11. The first-order chi connectivity index (χ1) is 14.8. The number of piperidine rings is 1. The molecule has 0 aromatic rings. The van der Waals surface area contributed by atoms with Crippen molar-refractivity contribution in [3.05, 3.63) is 12.2 Å². The van der Waals surface area contributed by atoms with Crippen molar-refractivity contribution in [2.45, 2.75) is 103 Å². The lowest BCUT2D eigenvalue weighted by atomic mass is 9.58. The van der Waals surface area contributed by atoms with E-state index in [0.29, 0.717) is 17.8 Å². The van der Waals surface area contributed by atoms with Gasteiger partial charge in [0.15, 0.2) is 6.29 Å². The Bertz CT molecular complexity index is 656. The van der Waals surface area contributed by atoms with Crippen LogP contribution < -0.4 is 0 Å². The molecule has 0 radical (unpaired) electrons. The van der Waals surface area contributed by atoms with Crippen molar-refractivity contribution >= 4 is 6.09 Å². The van der Waals surface area contributed by atoms with E-state index in [1.807, 2.05) is 25.7 Å². The molecule has 0 aromatic carbocycles. The van der Waals surface area contributed by atoms with E-state index in [9.17, 15) is 4.79 Å². The summed E-state index contributed by atoms with van der Waals surface area (Å²) in [6, 6.07) is 0.342. The SMILES string of the molecule is COC1OCC2C(C=C[C@H]3CCC[C@H](C)N3C(=O)OC(C)(C)C)C3CCCCC3CC12. The van der Waals surface area contributed by atoms with Gasteiger partial charge in [-0.1, -0.05) is 31.4 Å². The molecule has 8 atom stereocenters. The molecule has 2 aliphatic carbocycles. The molecule has 0 aromatic heterocycles. The number of hydrogen-bond donors (Lipinski definition) is 0. The van der Waals surface area contributed by atoms with Gasteiger partial charge in [-0.15, -0.1) is 0 Å². The Morgan fingerprint density at radius 2 is 1.77 bits per heavy atom. The highest BCUT2D eigenvalue weighted by molar-refractivity contribution is 5.69. The van der Waals surface area contributed by atoms with E-state index in [-0.39, 0.29) is 24.5 Å². The maximum atomic E-state index is 13.0. The third-order valence-electron chi connectivity index (χ3n) is 8.23. The molecule has 5 nitrogen and oxygen atoms in total. The van der Waals surface area contributed by atoms with Crippen molar-refractivity contribution in [1.82, 2.24) is 4.90 Å². The first-order valence-electron chi connectivity index (χ1n) is 12.6. The minimum Gasteiger partial charge on any atom is -0.444 e. The summed E-state index contributed by atoms with van der Waals surface area (Å²) in [6.45, 7) is 8.80. The minimum atomic E-state index is -0.467. The zero-order valence-electron chi connectivity index (χ0n) is 20.2. The zero-order chi connectivity index (χ0) is 22.2. The van der Waals surface area contributed by atoms with Crippen LogP contribution in [-0.4, -0.2) is 48.7 Å². The monoisotopic (exact) mass is 433 g/mol. The molecule has 2 heterocycles. The highest BCUT2D eigenvalue weighted by atomic mass is 16.7. The first-order valence-corrected chi connectivity index (χ1v) is 12.6. The standard InChI is InChI=1S/C26H43NO4/c1-17-9-8-11-19(27(17)25(28)31-26(2,3)4)13-14-21-20-12-7-6-10-18(20)15-22-23(21)16-30-24(22)29-5/h13-14,17-24H,6-12,15-16H2,1-5H3/t17-,18?,19+,20?,21?,22?,23?,24?/m0/s1. The van der Waals surface area contributed by atoms with Crippen LogP contribution in [0.3, 0.4) is 0 Å². The molecule has 4 aliphatic rings. The number of nitrogens with zero attached hydrogens (tertiary/aromatic N) is 1. The van der Waals surface area contributed by atoms with Crippen LogP contribution in [0.25, 0.3) is 0 Å². The van der Waals surface area contributed by atoms with E-state index in [2.05, 4.69) is 19.1 Å². The number of methoxy groups -OCH3 is 1. The Morgan fingerprint density at radius 3 is 2.52 bits per heavy atom. The van der Waals surface area contributed by atoms with Crippen molar-refractivity contribution in [3.8, 4) is 0 Å². The van der Waals surface area contributed by atoms with Gasteiger partial charge in [0.2, 0.25) is 0 Å². The van der Waals surface area contributed by atoms with Crippen molar-refractivity contribution in [2.75, 3.05) is 13.7 Å². The molecule has 31 heavy (non-hydrogen) atoms. The van der Waals surface area contributed by atoms with Gasteiger partial charge in [-0.3, -0.25) is 4.90 Å². The highest BCUT2D eigenvalue weighted by Gasteiger charge is 2.50. The third-order valence-corrected chi connectivity index (χ3v) is 8.23. The largest absolute Gasteiger partial charge is 0.444 e. The fraction of sp³-hybridized carbons (Fsp3) is 0.885. The topological polar surface area (TPSA) is 48.0 Å². The highest BCUT2D eigenvalue weighted by Crippen LogP contribution is 2.53. The lowest BCUT2D eigenvalue weighted by Gasteiger charge is -2.47. The van der Waals surface area contributed by atoms with Crippen LogP contribution >= 0.6 is 0 Å². The molecule has 0 spiro atoms. The number of rotatable bonds is 3. The third kappa shape index (κ3) is 4.98. The molecule has 2 aliphatic heterocycles. The predicted molar refractivity (Wildman–Crippen MR) is 122 cm³/mol. The van der Waals surface area contributed by atoms with Gasteiger partial charge in [-0.25, -0.2) is 4.79 Å². The van der Waals surface area contributed by atoms with Crippen molar-refractivity contribution in [2.24, 2.45) is 29.6 Å². The lowest BCUT2D eigenvalue weighted by Crippen LogP contribution is -2.50. The number of allylic oxidation sites excluding steroid dienone is 1. The smallest absolute Gasteiger partial charge is 0.411 e. The molecule has 2 saturated carbocycles. The molecule has 0 N–H and O–H groups in total. The van der Waals surface area contributed by atoms with Crippen molar-refractivity contribution in [1.29, 1.82) is 0 Å². The van der Waals surface area contributed by atoms with Gasteiger partial charge in [0.1, 0.15) is 5.60 Å². The molecule has 6 unspecified atom stereocenters. The van der Waals surface area contributed by atoms with E-state index in [1.54, 1.807) is 7.11 Å². The Hall–Kier alpha value is -1.07. The summed E-state index contributed by atoms with van der Waals surface area (Å²) >= 11 is 0. The lowest BCUT2D eigenvalue weighted by molar-refractivity contribution is -0.118. The van der Waals surface area contributed by atoms with Gasteiger partial charge in [-0.2, -0.15) is 0 Å². The average Bonchev–Trinajstić information content (AvgIpc) is 3.12. The van der Waals surface area contributed by atoms with Crippen LogP contribution in [0.15, 0.2) is 12.2 Å². The molecule has 176 valence electrons. The summed E-state index contributed by atoms with van der Waals surface area (Å²) < 4.78 is 17.5. The normalized spacial score (nSPS) is 41.1. The van der Waals surface area contributed by atoms with Crippen LogP contribution in [0.2, 0.25) is 0 Å². The molecule has 0 bridgehead atoms. The van der Waals surface area contributed by atoms with Gasteiger partial charge in [-0.05, 0) is 83.5 Å². The summed E-state index contributed by atoms with van der Waals surface area (Å²) in [7, 11) is 1.78. The van der Waals surface area contributed by atoms with Crippen LogP contribution in [0.1, 0.15) is 79.1 Å². The summed E-state index contributed by atoms with van der Waals surface area (Å²) in [4.78, 5) is 15.0. The number of fused-ring (bicyclic) bond motifs is 2. The molecule has 4 fully saturated rings. The Morgan fingerprint density at radius 1 is 1.00 bits per heavy atom. The van der Waals surface area contributed by atoms with Crippen LogP contribution in [0, 0.1) is 29.6 Å². The van der Waals surface area contributed by atoms with Crippen molar-refractivity contribution in [3.63, 3.8) is 0 Å². The molecule has 1 amide bonds. The number of amides is 1. The fourth-order valence-electron chi connectivity index (χ4n) is 6.87. The second kappa shape index (κ2) is 9.43. The second-order valence-corrected chi connectivity index (χ2v) is 11.4. The first kappa shape index (κ1) is 23.1. The number of carbonyl (C=O) groups is 1. The van der Waals surface area contributed by atoms with Crippen LogP contribution in [0.4, 0.5) is 4.79 Å². The van der Waals surface area contributed by atoms with Gasteiger partial charge in [0.25, 0.3) is 0 Å². The number of carbonyl (C=O) groups excluding carboxylic acids is 1. The fourth-order valence-corrected chi connectivity index (χ4v) is 6.87. The van der Waals surface area contributed by atoms with E-state index in [4.69, 9.17) is 14.2 Å². The van der Waals surface area contributed by atoms with Gasteiger partial charge in [0.05, 0.1) is 12.6 Å². The maximum absolute atomic E-state index is 13.0. The van der Waals surface area contributed by atoms with Crippen molar-refractivity contribution < 1.29 is 19.0 Å². The van der Waals surface area contributed by atoms with Crippen LogP contribution in [-0.2, 0) is 14.2 Å². The minimum absolute atomic E-state index is 0.0447. The Kier molecular flexibility index (Phi) is 7.02. The molecule has 2 saturated heterocycles. The van der Waals surface area contributed by atoms with E-state index >= 15 is 0 Å². The Balaban J connectivity index is 1.54. The zero-order valence-corrected chi connectivity index (χ0v) is 20.2. The van der Waals surface area contributed by atoms with Gasteiger partial charge >= 0.3 is 6.09 Å². The quantitative estimate of drug-likeness (QED) is 0.529. The second-order valence-electron chi connectivity index (χ2n) is 11.4. The molecule has 5 heteroatoms. The summed E-state index contributed by atoms with van der Waals surface area (Å²) in [6.07, 6.45) is 14.5. The number of likely N-dealkylation sites (tertiary alicyclic amines) is 1. The Labute approximate surface area is 188 Å². The molecular weight excluding hydrogens is 390 g/mol. The predicted octanol–water partition coefficient (Wildman–Crippen LogP) is 5.78.